The van der Waals surface area contributed by atoms with E-state index in [1.54, 1.807) is 0 Å². The maximum atomic E-state index is 8.86. The Balaban J connectivity index is 0. The average molecular weight is 182 g/mol. The van der Waals surface area contributed by atoms with Crippen LogP contribution in [0.5, 0.6) is 0 Å². The van der Waals surface area contributed by atoms with Crippen LogP contribution in [0, 0.1) is 11.8 Å². The van der Waals surface area contributed by atoms with Gasteiger partial charge in [0.05, 0.1) is 0 Å². The van der Waals surface area contributed by atoms with Gasteiger partial charge in [0.25, 0.3) is 0 Å². The molecule has 0 amide bonds. The van der Waals surface area contributed by atoms with Gasteiger partial charge in [-0.2, -0.15) is 0 Å². The molecular weight excluding hydrogens is 159 g/mol. The second kappa shape index (κ2) is 10.0. The van der Waals surface area contributed by atoms with Gasteiger partial charge in [-0.3, -0.25) is 0 Å². The van der Waals surface area contributed by atoms with Crippen molar-refractivity contribution in [1.29, 1.82) is 0 Å². The summed E-state index contributed by atoms with van der Waals surface area (Å²) < 4.78 is 0. The van der Waals surface area contributed by atoms with Gasteiger partial charge in [-0.1, -0.05) is 46.5 Å². The quantitative estimate of drug-likeness (QED) is 0.493. The molecule has 0 bridgehead atoms. The van der Waals surface area contributed by atoms with E-state index in [0.29, 0.717) is 18.4 Å². The molecule has 0 aromatic rings. The molecule has 0 rings (SSSR count). The summed E-state index contributed by atoms with van der Waals surface area (Å²) in [6.07, 6.45) is 5.22. The van der Waals surface area contributed by atoms with Crippen LogP contribution in [0.25, 0.3) is 0 Å². The molecule has 0 spiro atoms. The Bertz CT molecular complexity index is 85.9. The molecule has 2 atom stereocenters. The summed E-state index contributed by atoms with van der Waals surface area (Å²) in [6.45, 7) is 6.92. The van der Waals surface area contributed by atoms with E-state index in [0.717, 1.165) is 0 Å². The van der Waals surface area contributed by atoms with Crippen LogP contribution in [-0.2, 0) is 0 Å². The molecule has 0 radical (unpaired) electrons. The summed E-state index contributed by atoms with van der Waals surface area (Å²) in [5, 5.41) is 8.86. The van der Waals surface area contributed by atoms with Crippen molar-refractivity contribution in [3.63, 3.8) is 0 Å². The van der Waals surface area contributed by atoms with Crippen LogP contribution >= 0.6 is 0 Å². The van der Waals surface area contributed by atoms with Crippen molar-refractivity contribution >= 4 is 29.6 Å². The van der Waals surface area contributed by atoms with Crippen LogP contribution in [-0.4, -0.2) is 41.3 Å². The molecule has 12 heavy (non-hydrogen) atoms. The minimum absolute atomic E-state index is 0. The van der Waals surface area contributed by atoms with Gasteiger partial charge in [-0.25, -0.2) is 0 Å². The van der Waals surface area contributed by atoms with E-state index in [1.165, 1.54) is 25.7 Å². The van der Waals surface area contributed by atoms with Crippen LogP contribution in [0.2, 0.25) is 0 Å². The summed E-state index contributed by atoms with van der Waals surface area (Å²) >= 11 is 0. The van der Waals surface area contributed by atoms with Crippen molar-refractivity contribution in [3.8, 4) is 0 Å². The Hall–Kier alpha value is 0.960. The third-order valence-corrected chi connectivity index (χ3v) is 2.52. The number of hydrogen-bond donors (Lipinski definition) is 1. The van der Waals surface area contributed by atoms with Crippen LogP contribution in [0.4, 0.5) is 0 Å². The second-order valence-corrected chi connectivity index (χ2v) is 3.63. The van der Waals surface area contributed by atoms with E-state index in [1.807, 2.05) is 0 Å². The van der Waals surface area contributed by atoms with Gasteiger partial charge in [0.1, 0.15) is 0 Å². The number of unbranched alkanes of at least 4 members (excludes halogenated alkanes) is 2. The van der Waals surface area contributed by atoms with Crippen molar-refractivity contribution in [2.45, 2.75) is 46.5 Å². The molecule has 70 valence electrons. The van der Waals surface area contributed by atoms with Gasteiger partial charge in [-0.15, -0.1) is 0 Å². The first-order chi connectivity index (χ1) is 5.22. The molecule has 0 fully saturated rings. The third-order valence-electron chi connectivity index (χ3n) is 2.52. The molecule has 1 N–H and O–H groups in total. The summed E-state index contributed by atoms with van der Waals surface area (Å²) in [4.78, 5) is 0. The monoisotopic (exact) mass is 182 g/mol. The molecule has 0 saturated carbocycles. The Morgan fingerprint density at radius 3 is 2.08 bits per heavy atom. The van der Waals surface area contributed by atoms with Gasteiger partial charge in [-0.05, 0) is 11.8 Å². The Kier molecular flexibility index (Phi) is 12.9. The SMILES string of the molecule is CCCCCC(C)C(C)CO.[NaH]. The van der Waals surface area contributed by atoms with Crippen LogP contribution in [0.15, 0.2) is 0 Å². The minimum atomic E-state index is 0. The molecule has 2 heteroatoms. The normalized spacial score (nSPS) is 15.0. The molecule has 1 nitrogen and oxygen atoms in total. The Labute approximate surface area is 99.2 Å². The summed E-state index contributed by atoms with van der Waals surface area (Å²) in [7, 11) is 0. The fraction of sp³-hybridized carbons (Fsp3) is 1.00. The Morgan fingerprint density at radius 1 is 1.08 bits per heavy atom. The first-order valence-electron chi connectivity index (χ1n) is 4.83. The van der Waals surface area contributed by atoms with E-state index < -0.39 is 0 Å². The predicted octanol–water partition coefficient (Wildman–Crippen LogP) is 2.18. The maximum absolute atomic E-state index is 8.86. The summed E-state index contributed by atoms with van der Waals surface area (Å²) in [6, 6.07) is 0. The van der Waals surface area contributed by atoms with Crippen molar-refractivity contribution in [1.82, 2.24) is 0 Å². The number of aliphatic hydroxyl groups is 1. The topological polar surface area (TPSA) is 20.2 Å². The fourth-order valence-corrected chi connectivity index (χ4v) is 1.18. The predicted molar refractivity (Wildman–Crippen MR) is 56.7 cm³/mol. The van der Waals surface area contributed by atoms with Gasteiger partial charge in [0, 0.05) is 6.61 Å². The number of rotatable bonds is 6. The molecule has 0 aliphatic carbocycles. The molecule has 0 aliphatic rings. The average Bonchev–Trinajstić information content (AvgIpc) is 2.03. The zero-order valence-electron chi connectivity index (χ0n) is 8.14. The third kappa shape index (κ3) is 7.60. The van der Waals surface area contributed by atoms with E-state index >= 15 is 0 Å². The summed E-state index contributed by atoms with van der Waals surface area (Å²) in [5.74, 6) is 1.17. The molecule has 0 aromatic carbocycles. The van der Waals surface area contributed by atoms with Crippen LogP contribution in [0.3, 0.4) is 0 Å². The fourth-order valence-electron chi connectivity index (χ4n) is 1.18. The van der Waals surface area contributed by atoms with Gasteiger partial charge >= 0.3 is 29.6 Å². The van der Waals surface area contributed by atoms with E-state index in [2.05, 4.69) is 20.8 Å². The van der Waals surface area contributed by atoms with Crippen LogP contribution in [0.1, 0.15) is 46.5 Å². The van der Waals surface area contributed by atoms with E-state index in [9.17, 15) is 0 Å². The molecular formula is C10H23NaO. The molecule has 0 aliphatic heterocycles. The van der Waals surface area contributed by atoms with Crippen LogP contribution < -0.4 is 0 Å². The zero-order chi connectivity index (χ0) is 8.69. The Morgan fingerprint density at radius 2 is 1.67 bits per heavy atom. The molecule has 0 saturated heterocycles. The van der Waals surface area contributed by atoms with Crippen molar-refractivity contribution in [2.24, 2.45) is 11.8 Å². The first-order valence-corrected chi connectivity index (χ1v) is 4.83. The first kappa shape index (κ1) is 15.4. The van der Waals surface area contributed by atoms with E-state index in [-0.39, 0.29) is 29.6 Å². The summed E-state index contributed by atoms with van der Waals surface area (Å²) in [5.41, 5.74) is 0. The zero-order valence-corrected chi connectivity index (χ0v) is 8.14. The van der Waals surface area contributed by atoms with Gasteiger partial charge in [0.15, 0.2) is 0 Å². The second-order valence-electron chi connectivity index (χ2n) is 3.63. The number of aliphatic hydroxyl groups excluding tert-OH is 1. The van der Waals surface area contributed by atoms with Gasteiger partial charge < -0.3 is 5.11 Å². The number of hydrogen-bond acceptors (Lipinski definition) is 1. The van der Waals surface area contributed by atoms with Crippen molar-refractivity contribution in [2.75, 3.05) is 6.61 Å². The van der Waals surface area contributed by atoms with E-state index in [4.69, 9.17) is 5.11 Å². The van der Waals surface area contributed by atoms with Crippen molar-refractivity contribution < 1.29 is 5.11 Å². The van der Waals surface area contributed by atoms with Crippen molar-refractivity contribution in [3.05, 3.63) is 0 Å². The standard InChI is InChI=1S/C10H22O.Na.H/c1-4-5-6-7-9(2)10(3)8-11;;/h9-11H,4-8H2,1-3H3;;. The van der Waals surface area contributed by atoms with Gasteiger partial charge in [0.2, 0.25) is 0 Å². The molecule has 2 unspecified atom stereocenters. The molecule has 0 aromatic heterocycles. The molecule has 0 heterocycles.